The molecular formula is C28H34N2O2. The molecule has 0 spiro atoms. The Kier molecular flexibility index (Phi) is 5.24. The number of carbonyl (C=O) groups excluding carboxylic acids is 2. The second-order valence-corrected chi connectivity index (χ2v) is 10.2. The van der Waals surface area contributed by atoms with E-state index >= 15 is 0 Å². The molecule has 0 aromatic heterocycles. The molecular weight excluding hydrogens is 396 g/mol. The molecule has 0 radical (unpaired) electrons. The Morgan fingerprint density at radius 1 is 1.00 bits per heavy atom. The normalized spacial score (nSPS) is 28.1. The van der Waals surface area contributed by atoms with Crippen LogP contribution in [0.1, 0.15) is 69.6 Å². The number of aryl methyl sites for hydroxylation is 1. The maximum atomic E-state index is 13.8. The minimum absolute atomic E-state index is 0.0938. The number of benzene rings is 2. The first-order valence-corrected chi connectivity index (χ1v) is 12.2. The molecule has 2 aromatic carbocycles. The van der Waals surface area contributed by atoms with Crippen molar-refractivity contribution in [3.8, 4) is 0 Å². The standard InChI is InChI=1S/C28H34N2O2/c1-4-22(31)19-27(2)24-11-7-8-12-25(24)30(26(27)32)21-14-17-29(18-15-21)28(3)16-13-20-9-5-6-10-23(20)28/h5-12,21H,4,13-19H2,1-3H3/t27-,28-/m0/s1. The molecule has 3 aliphatic rings. The molecule has 0 N–H and O–H groups in total. The van der Waals surface area contributed by atoms with Crippen molar-refractivity contribution >= 4 is 17.4 Å². The van der Waals surface area contributed by atoms with Crippen molar-refractivity contribution in [2.75, 3.05) is 18.0 Å². The quantitative estimate of drug-likeness (QED) is 0.671. The van der Waals surface area contributed by atoms with Gasteiger partial charge >= 0.3 is 0 Å². The molecule has 1 aliphatic carbocycles. The Hall–Kier alpha value is -2.46. The van der Waals surface area contributed by atoms with Gasteiger partial charge in [0, 0.05) is 43.2 Å². The zero-order valence-corrected chi connectivity index (χ0v) is 19.6. The second kappa shape index (κ2) is 7.84. The molecule has 2 aromatic rings. The molecule has 0 unspecified atom stereocenters. The van der Waals surface area contributed by atoms with E-state index in [4.69, 9.17) is 0 Å². The first-order chi connectivity index (χ1) is 15.4. The molecule has 2 aliphatic heterocycles. The Labute approximate surface area is 191 Å². The monoisotopic (exact) mass is 430 g/mol. The van der Waals surface area contributed by atoms with Gasteiger partial charge in [-0.3, -0.25) is 14.5 Å². The third-order valence-electron chi connectivity index (χ3n) is 8.40. The molecule has 1 saturated heterocycles. The summed E-state index contributed by atoms with van der Waals surface area (Å²) in [6, 6.07) is 17.2. The first kappa shape index (κ1) is 21.4. The lowest BCUT2D eigenvalue weighted by atomic mass is 9.79. The zero-order chi connectivity index (χ0) is 22.5. The number of piperidine rings is 1. The van der Waals surface area contributed by atoms with Gasteiger partial charge < -0.3 is 4.90 Å². The van der Waals surface area contributed by atoms with Gasteiger partial charge in [0.15, 0.2) is 0 Å². The highest BCUT2D eigenvalue weighted by molar-refractivity contribution is 6.10. The van der Waals surface area contributed by atoms with Crippen molar-refractivity contribution in [3.63, 3.8) is 0 Å². The smallest absolute Gasteiger partial charge is 0.238 e. The number of para-hydroxylation sites is 1. The summed E-state index contributed by atoms with van der Waals surface area (Å²) in [7, 11) is 0. The first-order valence-electron chi connectivity index (χ1n) is 12.2. The maximum Gasteiger partial charge on any atom is 0.238 e. The molecule has 168 valence electrons. The fourth-order valence-electron chi connectivity index (χ4n) is 6.42. The summed E-state index contributed by atoms with van der Waals surface area (Å²) in [5.41, 5.74) is 4.35. The van der Waals surface area contributed by atoms with Crippen LogP contribution in [0.5, 0.6) is 0 Å². The van der Waals surface area contributed by atoms with Crippen LogP contribution in [0.3, 0.4) is 0 Å². The molecule has 32 heavy (non-hydrogen) atoms. The molecule has 1 amide bonds. The lowest BCUT2D eigenvalue weighted by Gasteiger charge is -2.45. The summed E-state index contributed by atoms with van der Waals surface area (Å²) in [6.07, 6.45) is 5.02. The average Bonchev–Trinajstić information content (AvgIpc) is 3.27. The summed E-state index contributed by atoms with van der Waals surface area (Å²) in [4.78, 5) is 30.8. The number of Topliss-reactive ketones (excluding diaryl/α,β-unsaturated/α-hetero) is 1. The number of fused-ring (bicyclic) bond motifs is 2. The van der Waals surface area contributed by atoms with E-state index in [1.807, 2.05) is 36.9 Å². The number of hydrogen-bond acceptors (Lipinski definition) is 3. The van der Waals surface area contributed by atoms with E-state index in [1.54, 1.807) is 0 Å². The number of carbonyl (C=O) groups is 2. The van der Waals surface area contributed by atoms with Crippen molar-refractivity contribution < 1.29 is 9.59 Å². The highest BCUT2D eigenvalue weighted by Gasteiger charge is 2.51. The number of likely N-dealkylation sites (tertiary alicyclic amines) is 1. The third-order valence-corrected chi connectivity index (χ3v) is 8.40. The van der Waals surface area contributed by atoms with Crippen LogP contribution in [0, 0.1) is 0 Å². The zero-order valence-electron chi connectivity index (χ0n) is 19.6. The highest BCUT2D eigenvalue weighted by atomic mass is 16.2. The topological polar surface area (TPSA) is 40.6 Å². The van der Waals surface area contributed by atoms with Gasteiger partial charge in [-0.25, -0.2) is 0 Å². The largest absolute Gasteiger partial charge is 0.308 e. The van der Waals surface area contributed by atoms with E-state index in [-0.39, 0.29) is 23.3 Å². The number of amides is 1. The van der Waals surface area contributed by atoms with Crippen molar-refractivity contribution in [2.24, 2.45) is 0 Å². The van der Waals surface area contributed by atoms with Gasteiger partial charge in [-0.05, 0) is 62.3 Å². The van der Waals surface area contributed by atoms with E-state index in [0.717, 1.165) is 43.6 Å². The second-order valence-electron chi connectivity index (χ2n) is 10.2. The van der Waals surface area contributed by atoms with Crippen LogP contribution in [0.4, 0.5) is 5.69 Å². The van der Waals surface area contributed by atoms with Crippen LogP contribution < -0.4 is 4.90 Å². The SMILES string of the molecule is CCC(=O)C[C@]1(C)C(=O)N(C2CCN([C@@]3(C)CCc4ccccc43)CC2)c2ccccc21. The van der Waals surface area contributed by atoms with Gasteiger partial charge in [-0.2, -0.15) is 0 Å². The van der Waals surface area contributed by atoms with Crippen molar-refractivity contribution in [2.45, 2.75) is 76.3 Å². The fraction of sp³-hybridized carbons (Fsp3) is 0.500. The highest BCUT2D eigenvalue weighted by Crippen LogP contribution is 2.47. The number of hydrogen-bond donors (Lipinski definition) is 0. The minimum Gasteiger partial charge on any atom is -0.308 e. The van der Waals surface area contributed by atoms with Crippen molar-refractivity contribution in [3.05, 3.63) is 65.2 Å². The summed E-state index contributed by atoms with van der Waals surface area (Å²) >= 11 is 0. The Bertz CT molecular complexity index is 1050. The number of ketones is 1. The molecule has 2 heterocycles. The molecule has 4 nitrogen and oxygen atoms in total. The predicted octanol–water partition coefficient (Wildman–Crippen LogP) is 4.99. The molecule has 0 bridgehead atoms. The lowest BCUT2D eigenvalue weighted by Crippen LogP contribution is -2.53. The van der Waals surface area contributed by atoms with Gasteiger partial charge in [-0.15, -0.1) is 0 Å². The minimum atomic E-state index is -0.739. The van der Waals surface area contributed by atoms with Gasteiger partial charge in [-0.1, -0.05) is 49.4 Å². The van der Waals surface area contributed by atoms with Crippen molar-refractivity contribution in [1.29, 1.82) is 0 Å². The molecule has 1 fully saturated rings. The summed E-state index contributed by atoms with van der Waals surface area (Å²) in [6.45, 7) is 8.22. The van der Waals surface area contributed by atoms with E-state index in [2.05, 4.69) is 42.2 Å². The van der Waals surface area contributed by atoms with Crippen LogP contribution in [-0.4, -0.2) is 35.7 Å². The lowest BCUT2D eigenvalue weighted by molar-refractivity contribution is -0.128. The number of nitrogens with zero attached hydrogens (tertiary/aromatic N) is 2. The maximum absolute atomic E-state index is 13.8. The van der Waals surface area contributed by atoms with E-state index in [0.29, 0.717) is 12.8 Å². The average molecular weight is 431 g/mol. The van der Waals surface area contributed by atoms with Crippen molar-refractivity contribution in [1.82, 2.24) is 4.90 Å². The van der Waals surface area contributed by atoms with Crippen LogP contribution in [0.2, 0.25) is 0 Å². The Morgan fingerprint density at radius 3 is 2.38 bits per heavy atom. The van der Waals surface area contributed by atoms with Gasteiger partial charge in [0.1, 0.15) is 5.78 Å². The number of rotatable bonds is 5. The van der Waals surface area contributed by atoms with E-state index in [9.17, 15) is 9.59 Å². The fourth-order valence-corrected chi connectivity index (χ4v) is 6.42. The van der Waals surface area contributed by atoms with Gasteiger partial charge in [0.2, 0.25) is 5.91 Å². The summed E-state index contributed by atoms with van der Waals surface area (Å²) in [5.74, 6) is 0.261. The molecule has 5 rings (SSSR count). The van der Waals surface area contributed by atoms with Crippen LogP contribution in [-0.2, 0) is 27.0 Å². The van der Waals surface area contributed by atoms with Crippen LogP contribution in [0.15, 0.2) is 48.5 Å². The van der Waals surface area contributed by atoms with Crippen LogP contribution in [0.25, 0.3) is 0 Å². The molecule has 4 heteroatoms. The Balaban J connectivity index is 1.37. The predicted molar refractivity (Wildman–Crippen MR) is 128 cm³/mol. The number of anilines is 1. The summed E-state index contributed by atoms with van der Waals surface area (Å²) < 4.78 is 0. The van der Waals surface area contributed by atoms with Gasteiger partial charge in [0.25, 0.3) is 0 Å². The van der Waals surface area contributed by atoms with Crippen LogP contribution >= 0.6 is 0 Å². The van der Waals surface area contributed by atoms with E-state index in [1.165, 1.54) is 17.5 Å². The summed E-state index contributed by atoms with van der Waals surface area (Å²) in [5, 5.41) is 0. The van der Waals surface area contributed by atoms with E-state index < -0.39 is 5.41 Å². The Morgan fingerprint density at radius 2 is 1.66 bits per heavy atom. The molecule has 2 atom stereocenters. The molecule has 0 saturated carbocycles. The third kappa shape index (κ3) is 3.14. The van der Waals surface area contributed by atoms with Gasteiger partial charge in [0.05, 0.1) is 5.41 Å².